The van der Waals surface area contributed by atoms with Crippen molar-refractivity contribution in [3.63, 3.8) is 0 Å². The summed E-state index contributed by atoms with van der Waals surface area (Å²) < 4.78 is 18.9. The van der Waals surface area contributed by atoms with Crippen molar-refractivity contribution in [2.45, 2.75) is 26.3 Å². The zero-order valence-corrected chi connectivity index (χ0v) is 18.7. The Morgan fingerprint density at radius 2 is 1.84 bits per heavy atom. The Hall–Kier alpha value is -2.99. The molecule has 3 aromatic rings. The molecule has 3 rings (SSSR count). The van der Waals surface area contributed by atoms with Gasteiger partial charge in [0.1, 0.15) is 11.6 Å². The monoisotopic (exact) mass is 423 g/mol. The van der Waals surface area contributed by atoms with Crippen molar-refractivity contribution in [3.8, 4) is 0 Å². The maximum Gasteiger partial charge on any atom is 0.223 e. The van der Waals surface area contributed by atoms with E-state index >= 15 is 0 Å². The minimum Gasteiger partial charge on any atom is -0.383 e. The van der Waals surface area contributed by atoms with Crippen LogP contribution in [0.3, 0.4) is 0 Å². The average Bonchev–Trinajstić information content (AvgIpc) is 2.75. The fourth-order valence-corrected chi connectivity index (χ4v) is 3.54. The number of hydrogen-bond acceptors (Lipinski definition) is 4. The third-order valence-corrected chi connectivity index (χ3v) is 5.29. The SMILES string of the molecule is COCCN(Cc1cc2ccc(F)cc2nc1N(C)C)C(=O)CCc1ccc(C)cc1. The predicted octanol–water partition coefficient (Wildman–Crippen LogP) is 4.36. The number of carbonyl (C=O) groups excluding carboxylic acids is 1. The van der Waals surface area contributed by atoms with Crippen LogP contribution in [0.4, 0.5) is 10.2 Å². The number of aryl methyl sites for hydroxylation is 2. The largest absolute Gasteiger partial charge is 0.383 e. The van der Waals surface area contributed by atoms with Gasteiger partial charge in [-0.05, 0) is 37.1 Å². The molecule has 0 unspecified atom stereocenters. The average molecular weight is 424 g/mol. The van der Waals surface area contributed by atoms with E-state index in [4.69, 9.17) is 4.74 Å². The van der Waals surface area contributed by atoms with Crippen LogP contribution in [0.2, 0.25) is 0 Å². The molecule has 0 atom stereocenters. The lowest BCUT2D eigenvalue weighted by atomic mass is 10.1. The van der Waals surface area contributed by atoms with Gasteiger partial charge < -0.3 is 14.5 Å². The van der Waals surface area contributed by atoms with Gasteiger partial charge in [-0.2, -0.15) is 0 Å². The molecule has 6 heteroatoms. The second-order valence-corrected chi connectivity index (χ2v) is 8.00. The number of methoxy groups -OCH3 is 1. The summed E-state index contributed by atoms with van der Waals surface area (Å²) >= 11 is 0. The highest BCUT2D eigenvalue weighted by molar-refractivity contribution is 5.82. The van der Waals surface area contributed by atoms with Gasteiger partial charge in [-0.15, -0.1) is 0 Å². The van der Waals surface area contributed by atoms with Crippen molar-refractivity contribution < 1.29 is 13.9 Å². The Balaban J connectivity index is 1.82. The molecule has 164 valence electrons. The van der Waals surface area contributed by atoms with E-state index in [1.807, 2.05) is 30.0 Å². The van der Waals surface area contributed by atoms with Crippen molar-refractivity contribution >= 4 is 22.6 Å². The van der Waals surface area contributed by atoms with E-state index in [9.17, 15) is 9.18 Å². The number of pyridine rings is 1. The lowest BCUT2D eigenvalue weighted by Gasteiger charge is -2.25. The van der Waals surface area contributed by atoms with Crippen molar-refractivity contribution in [2.24, 2.45) is 0 Å². The second kappa shape index (κ2) is 10.4. The van der Waals surface area contributed by atoms with Gasteiger partial charge in [0.15, 0.2) is 0 Å². The van der Waals surface area contributed by atoms with Crippen molar-refractivity contribution in [2.75, 3.05) is 39.3 Å². The minimum absolute atomic E-state index is 0.0709. The molecule has 0 N–H and O–H groups in total. The molecule has 1 amide bonds. The lowest BCUT2D eigenvalue weighted by Crippen LogP contribution is -2.34. The summed E-state index contributed by atoms with van der Waals surface area (Å²) in [6.45, 7) is 3.43. The summed E-state index contributed by atoms with van der Waals surface area (Å²) in [6, 6.07) is 14.8. The molecule has 1 heterocycles. The summed E-state index contributed by atoms with van der Waals surface area (Å²) in [7, 11) is 5.43. The predicted molar refractivity (Wildman–Crippen MR) is 123 cm³/mol. The second-order valence-electron chi connectivity index (χ2n) is 8.00. The highest BCUT2D eigenvalue weighted by Crippen LogP contribution is 2.25. The molecule has 1 aromatic heterocycles. The van der Waals surface area contributed by atoms with E-state index in [0.717, 1.165) is 22.3 Å². The number of hydrogen-bond donors (Lipinski definition) is 0. The number of anilines is 1. The molecular weight excluding hydrogens is 393 g/mol. The highest BCUT2D eigenvalue weighted by Gasteiger charge is 2.18. The van der Waals surface area contributed by atoms with Crippen LogP contribution >= 0.6 is 0 Å². The van der Waals surface area contributed by atoms with Gasteiger partial charge in [0.05, 0.1) is 12.1 Å². The summed E-state index contributed by atoms with van der Waals surface area (Å²) in [6.07, 6.45) is 1.12. The van der Waals surface area contributed by atoms with Crippen molar-refractivity contribution in [1.29, 1.82) is 0 Å². The Kier molecular flexibility index (Phi) is 7.58. The Morgan fingerprint density at radius 1 is 1.10 bits per heavy atom. The molecule has 0 spiro atoms. The standard InChI is InChI=1S/C25H30FN3O2/c1-18-5-7-19(8-6-18)9-12-24(30)29(13-14-31-4)17-21-15-20-10-11-22(26)16-23(20)27-25(21)28(2)3/h5-8,10-11,15-16H,9,12-14,17H2,1-4H3. The molecule has 0 fully saturated rings. The number of fused-ring (bicyclic) bond motifs is 1. The van der Waals surface area contributed by atoms with E-state index in [-0.39, 0.29) is 11.7 Å². The number of aromatic nitrogens is 1. The highest BCUT2D eigenvalue weighted by atomic mass is 19.1. The number of benzene rings is 2. The number of halogens is 1. The van der Waals surface area contributed by atoms with Gasteiger partial charge in [0, 0.05) is 57.7 Å². The molecular formula is C25H30FN3O2. The third-order valence-electron chi connectivity index (χ3n) is 5.29. The zero-order chi connectivity index (χ0) is 22.4. The summed E-state index contributed by atoms with van der Waals surface area (Å²) in [5.74, 6) is 0.485. The molecule has 2 aromatic carbocycles. The number of ether oxygens (including phenoxy) is 1. The first-order chi connectivity index (χ1) is 14.9. The van der Waals surface area contributed by atoms with Crippen LogP contribution in [0.15, 0.2) is 48.5 Å². The van der Waals surface area contributed by atoms with Crippen LogP contribution in [0.25, 0.3) is 10.9 Å². The topological polar surface area (TPSA) is 45.7 Å². The van der Waals surface area contributed by atoms with Crippen LogP contribution in [-0.2, 0) is 22.5 Å². The summed E-state index contributed by atoms with van der Waals surface area (Å²) in [4.78, 5) is 21.4. The van der Waals surface area contributed by atoms with E-state index in [1.54, 1.807) is 13.2 Å². The first-order valence-corrected chi connectivity index (χ1v) is 10.5. The maximum atomic E-state index is 13.7. The quantitative estimate of drug-likeness (QED) is 0.513. The van der Waals surface area contributed by atoms with Gasteiger partial charge in [0.25, 0.3) is 0 Å². The van der Waals surface area contributed by atoms with Crippen molar-refractivity contribution in [3.05, 3.63) is 71.0 Å². The van der Waals surface area contributed by atoms with E-state index in [2.05, 4.69) is 36.2 Å². The molecule has 31 heavy (non-hydrogen) atoms. The van der Waals surface area contributed by atoms with Crippen LogP contribution in [-0.4, -0.2) is 50.1 Å². The number of amides is 1. The summed E-state index contributed by atoms with van der Waals surface area (Å²) in [5.41, 5.74) is 3.87. The molecule has 0 bridgehead atoms. The van der Waals surface area contributed by atoms with Crippen molar-refractivity contribution in [1.82, 2.24) is 9.88 Å². The molecule has 0 aliphatic heterocycles. The molecule has 0 saturated heterocycles. The third kappa shape index (κ3) is 6.01. The maximum absolute atomic E-state index is 13.7. The molecule has 5 nitrogen and oxygen atoms in total. The smallest absolute Gasteiger partial charge is 0.223 e. The summed E-state index contributed by atoms with van der Waals surface area (Å²) in [5, 5.41) is 0.848. The Bertz CT molecular complexity index is 1030. The minimum atomic E-state index is -0.314. The first-order valence-electron chi connectivity index (χ1n) is 10.5. The first kappa shape index (κ1) is 22.7. The van der Waals surface area contributed by atoms with Gasteiger partial charge in [-0.3, -0.25) is 4.79 Å². The molecule has 0 saturated carbocycles. The number of rotatable bonds is 9. The van der Waals surface area contributed by atoms with Crippen LogP contribution in [0, 0.1) is 12.7 Å². The lowest BCUT2D eigenvalue weighted by molar-refractivity contribution is -0.132. The Morgan fingerprint density at radius 3 is 2.52 bits per heavy atom. The molecule has 0 radical (unpaired) electrons. The zero-order valence-electron chi connectivity index (χ0n) is 18.7. The van der Waals surface area contributed by atoms with Gasteiger partial charge in [-0.25, -0.2) is 9.37 Å². The normalized spacial score (nSPS) is 11.0. The van der Waals surface area contributed by atoms with Gasteiger partial charge in [0.2, 0.25) is 5.91 Å². The van der Waals surface area contributed by atoms with E-state index in [1.165, 1.54) is 17.7 Å². The fraction of sp³-hybridized carbons (Fsp3) is 0.360. The molecule has 0 aliphatic rings. The van der Waals surface area contributed by atoms with Gasteiger partial charge >= 0.3 is 0 Å². The number of nitrogens with zero attached hydrogens (tertiary/aromatic N) is 3. The molecule has 0 aliphatic carbocycles. The van der Waals surface area contributed by atoms with E-state index < -0.39 is 0 Å². The van der Waals surface area contributed by atoms with Crippen LogP contribution < -0.4 is 4.90 Å². The number of carbonyl (C=O) groups is 1. The van der Waals surface area contributed by atoms with Crippen LogP contribution in [0.5, 0.6) is 0 Å². The Labute approximate surface area is 183 Å². The van der Waals surface area contributed by atoms with E-state index in [0.29, 0.717) is 38.1 Å². The fourth-order valence-electron chi connectivity index (χ4n) is 3.54. The van der Waals surface area contributed by atoms with Gasteiger partial charge in [-0.1, -0.05) is 29.8 Å². The van der Waals surface area contributed by atoms with Crippen LogP contribution in [0.1, 0.15) is 23.1 Å².